The van der Waals surface area contributed by atoms with E-state index in [1.54, 1.807) is 17.7 Å². The van der Waals surface area contributed by atoms with Gasteiger partial charge in [0, 0.05) is 36.2 Å². The van der Waals surface area contributed by atoms with Gasteiger partial charge in [-0.05, 0) is 54.4 Å². The maximum Gasteiger partial charge on any atom is 0.273 e. The number of hydrogen-bond donors (Lipinski definition) is 0. The molecule has 2 aliphatic rings. The van der Waals surface area contributed by atoms with Crippen molar-refractivity contribution in [2.75, 3.05) is 20.3 Å². The van der Waals surface area contributed by atoms with Crippen molar-refractivity contribution in [3.8, 4) is 16.9 Å². The second-order valence-corrected chi connectivity index (χ2v) is 9.56. The zero-order chi connectivity index (χ0) is 23.9. The van der Waals surface area contributed by atoms with Crippen LogP contribution in [0.3, 0.4) is 0 Å². The van der Waals surface area contributed by atoms with Gasteiger partial charge in [0.05, 0.1) is 25.2 Å². The quantitative estimate of drug-likeness (QED) is 0.376. The van der Waals surface area contributed by atoms with E-state index in [0.717, 1.165) is 47.9 Å². The molecule has 0 radical (unpaired) electrons. The van der Waals surface area contributed by atoms with E-state index in [1.165, 1.54) is 6.33 Å². The van der Waals surface area contributed by atoms with Crippen LogP contribution in [0.15, 0.2) is 30.7 Å². The summed E-state index contributed by atoms with van der Waals surface area (Å²) in [4.78, 5) is 16.1. The van der Waals surface area contributed by atoms with Gasteiger partial charge >= 0.3 is 0 Å². The summed E-state index contributed by atoms with van der Waals surface area (Å²) in [7, 11) is 1.58. The van der Waals surface area contributed by atoms with Gasteiger partial charge in [-0.2, -0.15) is 5.10 Å². The van der Waals surface area contributed by atoms with Crippen LogP contribution in [0.1, 0.15) is 56.6 Å². The third-order valence-electron chi connectivity index (χ3n) is 7.13. The fourth-order valence-corrected chi connectivity index (χ4v) is 5.32. The second-order valence-electron chi connectivity index (χ2n) is 9.56. The van der Waals surface area contributed by atoms with Crippen LogP contribution in [0.2, 0.25) is 0 Å². The SMILES string of the molecule is COc1cc(-c2cc([N+](=O)[O-])c(CC3CCC4(CC3)OCCO4)cc2C(C)C)cn2ncnc12. The molecule has 3 heterocycles. The van der Waals surface area contributed by atoms with E-state index >= 15 is 0 Å². The second kappa shape index (κ2) is 8.96. The van der Waals surface area contributed by atoms with E-state index in [9.17, 15) is 10.1 Å². The molecule has 1 saturated heterocycles. The van der Waals surface area contributed by atoms with E-state index in [-0.39, 0.29) is 16.5 Å². The van der Waals surface area contributed by atoms with Crippen LogP contribution in [-0.4, -0.2) is 45.6 Å². The summed E-state index contributed by atoms with van der Waals surface area (Å²) in [5.74, 6) is 0.703. The third-order valence-corrected chi connectivity index (χ3v) is 7.13. The Labute approximate surface area is 198 Å². The van der Waals surface area contributed by atoms with Crippen LogP contribution < -0.4 is 4.74 Å². The minimum Gasteiger partial charge on any atom is -0.493 e. The first-order chi connectivity index (χ1) is 16.4. The monoisotopic (exact) mass is 466 g/mol. The summed E-state index contributed by atoms with van der Waals surface area (Å²) >= 11 is 0. The van der Waals surface area contributed by atoms with E-state index in [2.05, 4.69) is 23.9 Å². The molecule has 1 spiro atoms. The molecular formula is C25H30N4O5. The number of pyridine rings is 1. The first kappa shape index (κ1) is 22.7. The lowest BCUT2D eigenvalue weighted by Gasteiger charge is -2.35. The van der Waals surface area contributed by atoms with Gasteiger partial charge in [-0.15, -0.1) is 0 Å². The van der Waals surface area contributed by atoms with Gasteiger partial charge in [0.1, 0.15) is 6.33 Å². The number of hydrogen-bond acceptors (Lipinski definition) is 7. The number of nitrogens with zero attached hydrogens (tertiary/aromatic N) is 4. The van der Waals surface area contributed by atoms with Crippen LogP contribution in [0.25, 0.3) is 16.8 Å². The fourth-order valence-electron chi connectivity index (χ4n) is 5.32. The average Bonchev–Trinajstić information content (AvgIpc) is 3.49. The Morgan fingerprint density at radius 3 is 2.62 bits per heavy atom. The largest absolute Gasteiger partial charge is 0.493 e. The Morgan fingerprint density at radius 1 is 1.24 bits per heavy atom. The molecule has 0 unspecified atom stereocenters. The number of ether oxygens (including phenoxy) is 3. The van der Waals surface area contributed by atoms with Crippen molar-refractivity contribution in [3.63, 3.8) is 0 Å². The molecule has 0 bridgehead atoms. The highest BCUT2D eigenvalue weighted by Gasteiger charge is 2.40. The molecule has 1 aromatic carbocycles. The van der Waals surface area contributed by atoms with Crippen LogP contribution in [0.4, 0.5) is 5.69 Å². The Bertz CT molecular complexity index is 1210. The highest BCUT2D eigenvalue weighted by Crippen LogP contribution is 2.42. The molecule has 0 amide bonds. The summed E-state index contributed by atoms with van der Waals surface area (Å²) in [5.41, 5.74) is 4.25. The Kier molecular flexibility index (Phi) is 5.99. The zero-order valence-electron chi connectivity index (χ0n) is 19.8. The maximum atomic E-state index is 12.1. The minimum atomic E-state index is -0.422. The molecule has 0 atom stereocenters. The van der Waals surface area contributed by atoms with Crippen molar-refractivity contribution >= 4 is 11.3 Å². The highest BCUT2D eigenvalue weighted by atomic mass is 16.7. The van der Waals surface area contributed by atoms with E-state index in [1.807, 2.05) is 18.3 Å². The van der Waals surface area contributed by atoms with Crippen LogP contribution >= 0.6 is 0 Å². The Balaban J connectivity index is 1.51. The smallest absolute Gasteiger partial charge is 0.273 e. The molecule has 180 valence electrons. The van der Waals surface area contributed by atoms with Gasteiger partial charge in [0.25, 0.3) is 5.69 Å². The highest BCUT2D eigenvalue weighted by molar-refractivity contribution is 5.75. The van der Waals surface area contributed by atoms with Crippen molar-refractivity contribution < 1.29 is 19.1 Å². The topological polar surface area (TPSA) is 101 Å². The zero-order valence-corrected chi connectivity index (χ0v) is 19.8. The number of methoxy groups -OCH3 is 1. The molecule has 1 aliphatic heterocycles. The van der Waals surface area contributed by atoms with Gasteiger partial charge in [-0.25, -0.2) is 9.50 Å². The minimum absolute atomic E-state index is 0.158. The van der Waals surface area contributed by atoms with Crippen LogP contribution in [0.5, 0.6) is 5.75 Å². The summed E-state index contributed by atoms with van der Waals surface area (Å²) in [5, 5.41) is 16.4. The van der Waals surface area contributed by atoms with Crippen molar-refractivity contribution in [1.29, 1.82) is 0 Å². The molecule has 2 fully saturated rings. The normalized spacial score (nSPS) is 18.2. The molecular weight excluding hydrogens is 436 g/mol. The Hall–Kier alpha value is -3.04. The van der Waals surface area contributed by atoms with Crippen LogP contribution in [-0.2, 0) is 15.9 Å². The first-order valence-corrected chi connectivity index (χ1v) is 11.9. The van der Waals surface area contributed by atoms with Gasteiger partial charge in [0.15, 0.2) is 17.2 Å². The molecule has 1 aliphatic carbocycles. The first-order valence-electron chi connectivity index (χ1n) is 11.9. The predicted octanol–water partition coefficient (Wildman–Crippen LogP) is 4.91. The van der Waals surface area contributed by atoms with E-state index in [0.29, 0.717) is 36.9 Å². The molecule has 9 heteroatoms. The fraction of sp³-hybridized carbons (Fsp3) is 0.520. The third kappa shape index (κ3) is 4.14. The van der Waals surface area contributed by atoms with Crippen molar-refractivity contribution in [2.45, 2.75) is 57.7 Å². The van der Waals surface area contributed by atoms with Gasteiger partial charge < -0.3 is 14.2 Å². The summed E-state index contributed by atoms with van der Waals surface area (Å²) in [6, 6.07) is 5.62. The lowest BCUT2D eigenvalue weighted by Crippen LogP contribution is -2.35. The van der Waals surface area contributed by atoms with E-state index in [4.69, 9.17) is 14.2 Å². The van der Waals surface area contributed by atoms with Gasteiger partial charge in [-0.3, -0.25) is 10.1 Å². The summed E-state index contributed by atoms with van der Waals surface area (Å²) in [6.45, 7) is 5.53. The molecule has 34 heavy (non-hydrogen) atoms. The number of aromatic nitrogens is 3. The number of benzene rings is 1. The Morgan fingerprint density at radius 2 is 1.97 bits per heavy atom. The van der Waals surface area contributed by atoms with Gasteiger partial charge in [0.2, 0.25) is 0 Å². The lowest BCUT2D eigenvalue weighted by molar-refractivity contribution is -0.385. The van der Waals surface area contributed by atoms with E-state index < -0.39 is 5.79 Å². The number of nitro benzene ring substituents is 1. The number of nitro groups is 1. The average molecular weight is 467 g/mol. The molecule has 1 saturated carbocycles. The number of rotatable bonds is 6. The van der Waals surface area contributed by atoms with Crippen LogP contribution in [0, 0.1) is 16.0 Å². The van der Waals surface area contributed by atoms with Crippen molar-refractivity contribution in [1.82, 2.24) is 14.6 Å². The molecule has 5 rings (SSSR count). The lowest BCUT2D eigenvalue weighted by atomic mass is 9.80. The van der Waals surface area contributed by atoms with Gasteiger partial charge in [-0.1, -0.05) is 13.8 Å². The van der Waals surface area contributed by atoms with Crippen molar-refractivity contribution in [3.05, 3.63) is 52.0 Å². The molecule has 3 aromatic rings. The molecule has 9 nitrogen and oxygen atoms in total. The summed E-state index contributed by atoms with van der Waals surface area (Å²) in [6.07, 6.45) is 7.56. The molecule has 0 N–H and O–H groups in total. The number of fused-ring (bicyclic) bond motifs is 1. The van der Waals surface area contributed by atoms with Crippen molar-refractivity contribution in [2.24, 2.45) is 5.92 Å². The molecule has 2 aromatic heterocycles. The summed E-state index contributed by atoms with van der Waals surface area (Å²) < 4.78 is 18.9. The predicted molar refractivity (Wildman–Crippen MR) is 126 cm³/mol. The maximum absolute atomic E-state index is 12.1. The standard InChI is InChI=1S/C25H30N4O5/c1-16(2)20-11-18(10-17-4-6-25(7-5-17)33-8-9-34-25)22(29(30)31)13-21(20)19-12-23(32-3)24-26-15-27-28(24)14-19/h11-17H,4-10H2,1-3H3.